The molecule has 1 N–H and O–H groups in total. The van der Waals surface area contributed by atoms with E-state index in [2.05, 4.69) is 10.2 Å². The first-order chi connectivity index (χ1) is 14.0. The Bertz CT molecular complexity index is 1040. The number of hydrogen-bond donors (Lipinski definition) is 1. The van der Waals surface area contributed by atoms with Crippen molar-refractivity contribution in [2.75, 3.05) is 29.9 Å². The maximum Gasteiger partial charge on any atom is 0.229 e. The third-order valence-electron chi connectivity index (χ3n) is 5.25. The predicted octanol–water partition coefficient (Wildman–Crippen LogP) is 5.51. The third kappa shape index (κ3) is 4.33. The molecule has 0 bridgehead atoms. The van der Waals surface area contributed by atoms with Gasteiger partial charge in [-0.05, 0) is 62.6 Å². The number of fused-ring (bicyclic) bond motifs is 1. The van der Waals surface area contributed by atoms with Gasteiger partial charge < -0.3 is 15.0 Å². The molecule has 0 radical (unpaired) electrons. The summed E-state index contributed by atoms with van der Waals surface area (Å²) in [5.41, 5.74) is 2.64. The van der Waals surface area contributed by atoms with Crippen LogP contribution in [0.3, 0.4) is 0 Å². The van der Waals surface area contributed by atoms with Gasteiger partial charge in [-0.2, -0.15) is 0 Å². The number of aromatic nitrogens is 1. The van der Waals surface area contributed by atoms with E-state index in [1.807, 2.05) is 50.2 Å². The van der Waals surface area contributed by atoms with Crippen LogP contribution in [0.1, 0.15) is 25.3 Å². The number of carbonyl (C=O) groups is 1. The molecular formula is C22H24ClN3O2S. The van der Waals surface area contributed by atoms with Crippen molar-refractivity contribution in [2.45, 2.75) is 26.7 Å². The van der Waals surface area contributed by atoms with Crippen LogP contribution in [-0.4, -0.2) is 30.6 Å². The molecule has 1 aromatic heterocycles. The van der Waals surface area contributed by atoms with Crippen LogP contribution in [0.2, 0.25) is 5.02 Å². The molecule has 29 heavy (non-hydrogen) atoms. The average molecular weight is 430 g/mol. The van der Waals surface area contributed by atoms with E-state index < -0.39 is 0 Å². The lowest BCUT2D eigenvalue weighted by Crippen LogP contribution is -2.40. The van der Waals surface area contributed by atoms with Crippen molar-refractivity contribution < 1.29 is 9.53 Å². The molecule has 2 heterocycles. The summed E-state index contributed by atoms with van der Waals surface area (Å²) in [5.74, 6) is 0.830. The molecule has 1 amide bonds. The van der Waals surface area contributed by atoms with Crippen LogP contribution in [0.4, 0.5) is 10.8 Å². The number of nitrogens with zero attached hydrogens (tertiary/aromatic N) is 2. The van der Waals surface area contributed by atoms with E-state index in [4.69, 9.17) is 21.3 Å². The van der Waals surface area contributed by atoms with Gasteiger partial charge in [0.15, 0.2) is 5.13 Å². The number of ether oxygens (including phenoxy) is 1. The van der Waals surface area contributed by atoms with Crippen LogP contribution in [-0.2, 0) is 4.79 Å². The number of thiazole rings is 1. The van der Waals surface area contributed by atoms with Crippen molar-refractivity contribution in [3.63, 3.8) is 0 Å². The molecule has 5 nitrogen and oxygen atoms in total. The summed E-state index contributed by atoms with van der Waals surface area (Å²) >= 11 is 7.83. The maximum atomic E-state index is 12.9. The molecule has 3 aromatic rings. The highest BCUT2D eigenvalue weighted by Crippen LogP contribution is 2.34. The summed E-state index contributed by atoms with van der Waals surface area (Å²) in [7, 11) is 0. The highest BCUT2D eigenvalue weighted by Gasteiger charge is 2.28. The zero-order chi connectivity index (χ0) is 20.4. The van der Waals surface area contributed by atoms with Crippen molar-refractivity contribution in [1.82, 2.24) is 4.98 Å². The first-order valence-corrected chi connectivity index (χ1v) is 11.1. The Morgan fingerprint density at radius 3 is 3.07 bits per heavy atom. The van der Waals surface area contributed by atoms with Crippen molar-refractivity contribution in [3.05, 3.63) is 47.0 Å². The number of hydrogen-bond acceptors (Lipinski definition) is 5. The first-order valence-electron chi connectivity index (χ1n) is 9.89. The molecule has 4 rings (SSSR count). The molecule has 1 aliphatic heterocycles. The van der Waals surface area contributed by atoms with Gasteiger partial charge in [0.25, 0.3) is 0 Å². The first kappa shape index (κ1) is 20.0. The lowest BCUT2D eigenvalue weighted by molar-refractivity contribution is -0.120. The van der Waals surface area contributed by atoms with Crippen LogP contribution in [0, 0.1) is 12.8 Å². The van der Waals surface area contributed by atoms with Crippen LogP contribution in [0.15, 0.2) is 36.4 Å². The summed E-state index contributed by atoms with van der Waals surface area (Å²) in [4.78, 5) is 19.9. The van der Waals surface area contributed by atoms with Gasteiger partial charge in [0.1, 0.15) is 5.75 Å². The SMILES string of the molecule is CCOc1ccc2nc(N3CCC[C@H](C(=O)Nc4cccc(Cl)c4C)C3)sc2c1. The number of benzene rings is 2. The Morgan fingerprint density at radius 1 is 1.38 bits per heavy atom. The summed E-state index contributed by atoms with van der Waals surface area (Å²) in [6.45, 7) is 6.13. The molecule has 2 aromatic carbocycles. The van der Waals surface area contributed by atoms with Gasteiger partial charge in [-0.1, -0.05) is 29.0 Å². The van der Waals surface area contributed by atoms with E-state index in [1.165, 1.54) is 0 Å². The Morgan fingerprint density at radius 2 is 2.24 bits per heavy atom. The number of amides is 1. The van der Waals surface area contributed by atoms with Gasteiger partial charge in [-0.25, -0.2) is 4.98 Å². The lowest BCUT2D eigenvalue weighted by atomic mass is 9.97. The smallest absolute Gasteiger partial charge is 0.229 e. The fourth-order valence-electron chi connectivity index (χ4n) is 3.63. The predicted molar refractivity (Wildman–Crippen MR) is 121 cm³/mol. The molecule has 0 unspecified atom stereocenters. The molecule has 7 heteroatoms. The van der Waals surface area contributed by atoms with Crippen LogP contribution < -0.4 is 15.0 Å². The fraction of sp³-hybridized carbons (Fsp3) is 0.364. The largest absolute Gasteiger partial charge is 0.494 e. The number of piperidine rings is 1. The van der Waals surface area contributed by atoms with Crippen molar-refractivity contribution in [3.8, 4) is 5.75 Å². The number of anilines is 2. The third-order valence-corrected chi connectivity index (χ3v) is 6.74. The minimum atomic E-state index is -0.0758. The molecule has 1 atom stereocenters. The second kappa shape index (κ2) is 8.59. The molecule has 152 valence electrons. The number of rotatable bonds is 5. The fourth-order valence-corrected chi connectivity index (χ4v) is 4.83. The van der Waals surface area contributed by atoms with Gasteiger partial charge in [0, 0.05) is 23.8 Å². The lowest BCUT2D eigenvalue weighted by Gasteiger charge is -2.31. The van der Waals surface area contributed by atoms with Gasteiger partial charge in [-0.15, -0.1) is 0 Å². The van der Waals surface area contributed by atoms with E-state index in [-0.39, 0.29) is 11.8 Å². The summed E-state index contributed by atoms with van der Waals surface area (Å²) in [6, 6.07) is 11.6. The molecular weight excluding hydrogens is 406 g/mol. The van der Waals surface area contributed by atoms with Crippen LogP contribution in [0.5, 0.6) is 5.75 Å². The van der Waals surface area contributed by atoms with Gasteiger partial charge in [0.2, 0.25) is 5.91 Å². The molecule has 0 aliphatic carbocycles. The van der Waals surface area contributed by atoms with E-state index in [1.54, 1.807) is 11.3 Å². The summed E-state index contributed by atoms with van der Waals surface area (Å²) in [5, 5.41) is 4.68. The minimum Gasteiger partial charge on any atom is -0.494 e. The molecule has 0 saturated carbocycles. The highest BCUT2D eigenvalue weighted by atomic mass is 35.5. The van der Waals surface area contributed by atoms with E-state index in [9.17, 15) is 4.79 Å². The van der Waals surface area contributed by atoms with Crippen molar-refractivity contribution in [2.24, 2.45) is 5.92 Å². The molecule has 1 fully saturated rings. The quantitative estimate of drug-likeness (QED) is 0.580. The van der Waals surface area contributed by atoms with Crippen molar-refractivity contribution in [1.29, 1.82) is 0 Å². The molecule has 1 saturated heterocycles. The Labute approximate surface area is 179 Å². The van der Waals surface area contributed by atoms with Crippen molar-refractivity contribution >= 4 is 49.9 Å². The van der Waals surface area contributed by atoms with Gasteiger partial charge in [0.05, 0.1) is 22.7 Å². The number of carbonyl (C=O) groups excluding carboxylic acids is 1. The zero-order valence-corrected chi connectivity index (χ0v) is 18.1. The monoisotopic (exact) mass is 429 g/mol. The Hall–Kier alpha value is -2.31. The van der Waals surface area contributed by atoms with E-state index >= 15 is 0 Å². The average Bonchev–Trinajstić information content (AvgIpc) is 3.15. The molecule has 1 aliphatic rings. The summed E-state index contributed by atoms with van der Waals surface area (Å²) < 4.78 is 6.70. The molecule has 0 spiro atoms. The zero-order valence-electron chi connectivity index (χ0n) is 16.6. The standard InChI is InChI=1S/C22H24ClN3O2S/c1-3-28-16-9-10-19-20(12-16)29-22(25-19)26-11-5-6-15(13-26)21(27)24-18-8-4-7-17(23)14(18)2/h4,7-10,12,15H,3,5-6,11,13H2,1-2H3,(H,24,27)/t15-/m0/s1. The number of halogens is 1. The van der Waals surface area contributed by atoms with Crippen LogP contribution >= 0.6 is 22.9 Å². The van der Waals surface area contributed by atoms with E-state index in [0.717, 1.165) is 51.7 Å². The van der Waals surface area contributed by atoms with Crippen LogP contribution in [0.25, 0.3) is 10.2 Å². The van der Waals surface area contributed by atoms with Gasteiger partial charge >= 0.3 is 0 Å². The second-order valence-corrected chi connectivity index (χ2v) is 8.66. The summed E-state index contributed by atoms with van der Waals surface area (Å²) in [6.07, 6.45) is 1.84. The van der Waals surface area contributed by atoms with E-state index in [0.29, 0.717) is 18.2 Å². The maximum absolute atomic E-state index is 12.9. The Balaban J connectivity index is 1.48. The second-order valence-electron chi connectivity index (χ2n) is 7.25. The Kier molecular flexibility index (Phi) is 5.92. The topological polar surface area (TPSA) is 54.5 Å². The normalized spacial score (nSPS) is 16.8. The minimum absolute atomic E-state index is 0.0415. The highest BCUT2D eigenvalue weighted by molar-refractivity contribution is 7.22. The van der Waals surface area contributed by atoms with Gasteiger partial charge in [-0.3, -0.25) is 4.79 Å². The number of nitrogens with one attached hydrogen (secondary N) is 1.